The van der Waals surface area contributed by atoms with Gasteiger partial charge in [0.15, 0.2) is 0 Å². The number of aryl methyl sites for hydroxylation is 1. The maximum Gasteiger partial charge on any atom is 0.251 e. The van der Waals surface area contributed by atoms with Gasteiger partial charge in [-0.15, -0.1) is 11.3 Å². The predicted molar refractivity (Wildman–Crippen MR) is 107 cm³/mol. The fourth-order valence-corrected chi connectivity index (χ4v) is 4.23. The lowest BCUT2D eigenvalue weighted by molar-refractivity contribution is 0.0950. The average Bonchev–Trinajstić information content (AvgIpc) is 3.10. The number of para-hydroxylation sites is 1. The van der Waals surface area contributed by atoms with Gasteiger partial charge in [0.05, 0.1) is 7.11 Å². The van der Waals surface area contributed by atoms with Crippen molar-refractivity contribution in [3.8, 4) is 5.75 Å². The first-order valence-corrected chi connectivity index (χ1v) is 10.1. The molecule has 26 heavy (non-hydrogen) atoms. The van der Waals surface area contributed by atoms with Crippen LogP contribution in [0.15, 0.2) is 58.3 Å². The number of aromatic nitrogens is 1. The minimum atomic E-state index is -0.0920. The number of hydrogen-bond acceptors (Lipinski definition) is 5. The summed E-state index contributed by atoms with van der Waals surface area (Å²) in [5, 5.41) is 4.99. The molecule has 3 rings (SSSR count). The molecular formula is C20H20N2O2S2. The Kier molecular flexibility index (Phi) is 6.30. The number of thiazole rings is 1. The van der Waals surface area contributed by atoms with Gasteiger partial charge in [-0.1, -0.05) is 42.1 Å². The first-order valence-electron chi connectivity index (χ1n) is 8.19. The van der Waals surface area contributed by atoms with Gasteiger partial charge in [0.25, 0.3) is 5.91 Å². The molecule has 0 aliphatic carbocycles. The van der Waals surface area contributed by atoms with Crippen molar-refractivity contribution < 1.29 is 9.53 Å². The Morgan fingerprint density at radius 1 is 1.19 bits per heavy atom. The molecule has 0 aliphatic heterocycles. The summed E-state index contributed by atoms with van der Waals surface area (Å²) >= 11 is 3.37. The maximum atomic E-state index is 12.3. The van der Waals surface area contributed by atoms with Gasteiger partial charge >= 0.3 is 0 Å². The minimum absolute atomic E-state index is 0.0920. The summed E-state index contributed by atoms with van der Waals surface area (Å²) in [6.07, 6.45) is 0. The summed E-state index contributed by atoms with van der Waals surface area (Å²) < 4.78 is 6.38. The van der Waals surface area contributed by atoms with Crippen molar-refractivity contribution in [2.45, 2.75) is 23.6 Å². The zero-order chi connectivity index (χ0) is 18.4. The third-order valence-corrected chi connectivity index (χ3v) is 6.02. The second-order valence-electron chi connectivity index (χ2n) is 5.73. The molecule has 134 valence electrons. The molecule has 0 atom stereocenters. The molecule has 0 saturated carbocycles. The molecule has 4 nitrogen and oxygen atoms in total. The Labute approximate surface area is 161 Å². The molecule has 6 heteroatoms. The summed E-state index contributed by atoms with van der Waals surface area (Å²) in [7, 11) is 1.63. The summed E-state index contributed by atoms with van der Waals surface area (Å²) in [4.78, 5) is 16.8. The molecule has 0 saturated heterocycles. The van der Waals surface area contributed by atoms with E-state index < -0.39 is 0 Å². The van der Waals surface area contributed by atoms with Crippen LogP contribution < -0.4 is 10.1 Å². The predicted octanol–water partition coefficient (Wildman–Crippen LogP) is 4.68. The number of thioether (sulfide) groups is 1. The number of hydrogen-bond donors (Lipinski definition) is 1. The van der Waals surface area contributed by atoms with Gasteiger partial charge in [0.1, 0.15) is 10.1 Å². The molecule has 1 N–H and O–H groups in total. The van der Waals surface area contributed by atoms with Crippen LogP contribution in [0.1, 0.15) is 27.2 Å². The maximum absolute atomic E-state index is 12.3. The molecule has 0 bridgehead atoms. The van der Waals surface area contributed by atoms with Gasteiger partial charge in [-0.05, 0) is 30.7 Å². The number of ether oxygens (including phenoxy) is 1. The highest BCUT2D eigenvalue weighted by atomic mass is 32.2. The van der Waals surface area contributed by atoms with Crippen LogP contribution in [0.4, 0.5) is 0 Å². The Bertz CT molecular complexity index is 876. The number of carbonyl (C=O) groups is 1. The minimum Gasteiger partial charge on any atom is -0.496 e. The van der Waals surface area contributed by atoms with Crippen molar-refractivity contribution >= 4 is 29.0 Å². The Morgan fingerprint density at radius 2 is 1.96 bits per heavy atom. The zero-order valence-electron chi connectivity index (χ0n) is 14.7. The molecule has 0 radical (unpaired) electrons. The average molecular weight is 385 g/mol. The van der Waals surface area contributed by atoms with E-state index in [4.69, 9.17) is 4.74 Å². The van der Waals surface area contributed by atoms with E-state index in [-0.39, 0.29) is 5.91 Å². The van der Waals surface area contributed by atoms with Crippen molar-refractivity contribution in [1.29, 1.82) is 0 Å². The number of benzene rings is 2. The van der Waals surface area contributed by atoms with E-state index in [2.05, 4.69) is 15.7 Å². The van der Waals surface area contributed by atoms with Gasteiger partial charge in [-0.3, -0.25) is 4.79 Å². The van der Waals surface area contributed by atoms with Crippen LogP contribution in [0.25, 0.3) is 0 Å². The van der Waals surface area contributed by atoms with Crippen LogP contribution in [0.5, 0.6) is 5.75 Å². The van der Waals surface area contributed by atoms with E-state index in [1.807, 2.05) is 55.5 Å². The Hall–Kier alpha value is -2.31. The highest BCUT2D eigenvalue weighted by Gasteiger charge is 2.08. The summed E-state index contributed by atoms with van der Waals surface area (Å²) in [6, 6.07) is 15.4. The molecule has 1 amide bonds. The standard InChI is InChI=1S/C20H20N2O2S2/c1-14-12-25-20(22-14)26-13-15-7-9-16(10-8-15)19(23)21-11-17-5-3-4-6-18(17)24-2/h3-10,12H,11,13H2,1-2H3,(H,21,23). The number of amides is 1. The van der Waals surface area contributed by atoms with Crippen LogP contribution >= 0.6 is 23.1 Å². The summed E-state index contributed by atoms with van der Waals surface area (Å²) in [5.74, 6) is 1.53. The van der Waals surface area contributed by atoms with E-state index in [1.54, 1.807) is 30.2 Å². The lowest BCUT2D eigenvalue weighted by Gasteiger charge is -2.10. The highest BCUT2D eigenvalue weighted by molar-refractivity contribution is 8.00. The number of carbonyl (C=O) groups excluding carboxylic acids is 1. The van der Waals surface area contributed by atoms with E-state index in [0.29, 0.717) is 12.1 Å². The number of methoxy groups -OCH3 is 1. The fourth-order valence-electron chi connectivity index (χ4n) is 2.42. The van der Waals surface area contributed by atoms with Gasteiger partial charge in [-0.25, -0.2) is 4.98 Å². The van der Waals surface area contributed by atoms with Gasteiger partial charge < -0.3 is 10.1 Å². The molecule has 3 aromatic rings. The van der Waals surface area contributed by atoms with E-state index in [1.165, 1.54) is 5.56 Å². The lowest BCUT2D eigenvalue weighted by Crippen LogP contribution is -2.23. The van der Waals surface area contributed by atoms with Crippen LogP contribution in [0, 0.1) is 6.92 Å². The fraction of sp³-hybridized carbons (Fsp3) is 0.200. The Morgan fingerprint density at radius 3 is 2.65 bits per heavy atom. The van der Waals surface area contributed by atoms with E-state index in [9.17, 15) is 4.79 Å². The number of rotatable bonds is 7. The molecule has 2 aromatic carbocycles. The van der Waals surface area contributed by atoms with Crippen LogP contribution in [0.2, 0.25) is 0 Å². The van der Waals surface area contributed by atoms with Gasteiger partial charge in [-0.2, -0.15) is 0 Å². The summed E-state index contributed by atoms with van der Waals surface area (Å²) in [5.41, 5.74) is 3.83. The molecule has 1 aromatic heterocycles. The third kappa shape index (κ3) is 4.86. The largest absolute Gasteiger partial charge is 0.496 e. The van der Waals surface area contributed by atoms with Crippen molar-refractivity contribution in [2.24, 2.45) is 0 Å². The SMILES string of the molecule is COc1ccccc1CNC(=O)c1ccc(CSc2nc(C)cs2)cc1. The molecule has 0 unspecified atom stereocenters. The van der Waals surface area contributed by atoms with Crippen molar-refractivity contribution in [3.05, 3.63) is 76.3 Å². The van der Waals surface area contributed by atoms with E-state index in [0.717, 1.165) is 27.1 Å². The smallest absolute Gasteiger partial charge is 0.251 e. The van der Waals surface area contributed by atoms with Crippen molar-refractivity contribution in [2.75, 3.05) is 7.11 Å². The lowest BCUT2D eigenvalue weighted by atomic mass is 10.1. The van der Waals surface area contributed by atoms with Gasteiger partial charge in [0.2, 0.25) is 0 Å². The van der Waals surface area contributed by atoms with Crippen LogP contribution in [-0.4, -0.2) is 18.0 Å². The second kappa shape index (κ2) is 8.87. The third-order valence-electron chi connectivity index (χ3n) is 3.81. The molecule has 0 spiro atoms. The monoisotopic (exact) mass is 384 g/mol. The number of nitrogens with one attached hydrogen (secondary N) is 1. The van der Waals surface area contributed by atoms with Gasteiger partial charge in [0, 0.05) is 34.5 Å². The molecule has 0 fully saturated rings. The second-order valence-corrected chi connectivity index (χ2v) is 7.82. The zero-order valence-corrected chi connectivity index (χ0v) is 16.3. The van der Waals surface area contributed by atoms with Crippen LogP contribution in [0.3, 0.4) is 0 Å². The normalized spacial score (nSPS) is 10.5. The van der Waals surface area contributed by atoms with Crippen molar-refractivity contribution in [1.82, 2.24) is 10.3 Å². The molecule has 1 heterocycles. The highest BCUT2D eigenvalue weighted by Crippen LogP contribution is 2.26. The first-order chi connectivity index (χ1) is 12.7. The summed E-state index contributed by atoms with van der Waals surface area (Å²) in [6.45, 7) is 2.43. The number of nitrogens with zero attached hydrogens (tertiary/aromatic N) is 1. The molecule has 0 aliphatic rings. The van der Waals surface area contributed by atoms with Crippen LogP contribution in [-0.2, 0) is 12.3 Å². The topological polar surface area (TPSA) is 51.2 Å². The van der Waals surface area contributed by atoms with Crippen molar-refractivity contribution in [3.63, 3.8) is 0 Å². The van der Waals surface area contributed by atoms with E-state index >= 15 is 0 Å². The first kappa shape index (κ1) is 18.5. The Balaban J connectivity index is 1.55. The molecular weight excluding hydrogens is 364 g/mol. The quantitative estimate of drug-likeness (QED) is 0.601.